The van der Waals surface area contributed by atoms with Crippen molar-refractivity contribution in [1.82, 2.24) is 0 Å². The van der Waals surface area contributed by atoms with Gasteiger partial charge >= 0.3 is 5.97 Å². The summed E-state index contributed by atoms with van der Waals surface area (Å²) in [7, 11) is 0. The molecule has 0 aliphatic carbocycles. The molecule has 4 heteroatoms. The molecular weight excluding hydrogens is 232 g/mol. The molecule has 0 bridgehead atoms. The third-order valence-corrected chi connectivity index (χ3v) is 2.07. The smallest absolute Gasteiger partial charge is 0.337 e. The Balaban J connectivity index is 2.29. The Hall–Kier alpha value is -1.39. The maximum atomic E-state index is 11.4. The molecule has 0 fully saturated rings. The fraction of sp³-hybridized carbons (Fsp3) is 0.500. The van der Waals surface area contributed by atoms with Crippen molar-refractivity contribution in [3.8, 4) is 0 Å². The number of rotatable bonds is 5. The van der Waals surface area contributed by atoms with E-state index < -0.39 is 17.7 Å². The first kappa shape index (κ1) is 14.7. The molecule has 4 nitrogen and oxygen atoms in total. The summed E-state index contributed by atoms with van der Waals surface area (Å²) in [5.41, 5.74) is 0.395. The number of ether oxygens (including phenoxy) is 2. The largest absolute Gasteiger partial charge is 0.458 e. The van der Waals surface area contributed by atoms with Gasteiger partial charge in [0.25, 0.3) is 0 Å². The molecule has 0 unspecified atom stereocenters. The molecule has 0 aromatic heterocycles. The lowest BCUT2D eigenvalue weighted by Gasteiger charge is -2.21. The number of esters is 1. The molecule has 0 aliphatic rings. The Bertz CT molecular complexity index is 367. The second-order valence-electron chi connectivity index (χ2n) is 5.05. The van der Waals surface area contributed by atoms with Gasteiger partial charge < -0.3 is 14.6 Å². The first-order chi connectivity index (χ1) is 8.38. The molecule has 0 heterocycles. The normalized spacial score (nSPS) is 13.1. The van der Waals surface area contributed by atoms with E-state index in [4.69, 9.17) is 9.47 Å². The molecule has 18 heavy (non-hydrogen) atoms. The van der Waals surface area contributed by atoms with Crippen LogP contribution in [0.25, 0.3) is 0 Å². The highest BCUT2D eigenvalue weighted by Gasteiger charge is 2.23. The van der Waals surface area contributed by atoms with Gasteiger partial charge in [0.15, 0.2) is 6.10 Å². The first-order valence-corrected chi connectivity index (χ1v) is 5.91. The van der Waals surface area contributed by atoms with Gasteiger partial charge in [0.1, 0.15) is 5.60 Å². The topological polar surface area (TPSA) is 55.8 Å². The monoisotopic (exact) mass is 252 g/mol. The summed E-state index contributed by atoms with van der Waals surface area (Å²) in [6.07, 6.45) is -1.24. The van der Waals surface area contributed by atoms with Crippen LogP contribution in [0.5, 0.6) is 0 Å². The van der Waals surface area contributed by atoms with Crippen molar-refractivity contribution >= 4 is 5.97 Å². The van der Waals surface area contributed by atoms with Crippen molar-refractivity contribution in [1.29, 1.82) is 0 Å². The zero-order valence-electron chi connectivity index (χ0n) is 11.1. The minimum atomic E-state index is -1.24. The summed E-state index contributed by atoms with van der Waals surface area (Å²) in [4.78, 5) is 11.4. The molecule has 1 aromatic carbocycles. The average Bonchev–Trinajstić information content (AvgIpc) is 2.28. The number of carbonyl (C=O) groups is 1. The highest BCUT2D eigenvalue weighted by molar-refractivity contribution is 5.74. The minimum Gasteiger partial charge on any atom is -0.458 e. The highest BCUT2D eigenvalue weighted by atomic mass is 16.6. The van der Waals surface area contributed by atoms with Gasteiger partial charge in [-0.15, -0.1) is 0 Å². The first-order valence-electron chi connectivity index (χ1n) is 5.91. The number of carbonyl (C=O) groups excluding carboxylic acids is 1. The predicted octanol–water partition coefficient (Wildman–Crippen LogP) is 1.91. The lowest BCUT2D eigenvalue weighted by molar-refractivity contribution is -0.168. The molecular formula is C14H20O4. The van der Waals surface area contributed by atoms with Gasteiger partial charge in [0.2, 0.25) is 0 Å². The van der Waals surface area contributed by atoms with E-state index in [9.17, 15) is 9.90 Å². The molecule has 0 saturated heterocycles. The van der Waals surface area contributed by atoms with Crippen LogP contribution < -0.4 is 0 Å². The van der Waals surface area contributed by atoms with Crippen molar-refractivity contribution in [3.63, 3.8) is 0 Å². The fourth-order valence-corrected chi connectivity index (χ4v) is 1.30. The number of hydrogen-bond donors (Lipinski definition) is 1. The van der Waals surface area contributed by atoms with Gasteiger partial charge in [-0.05, 0) is 26.3 Å². The lowest BCUT2D eigenvalue weighted by Crippen LogP contribution is -2.34. The van der Waals surface area contributed by atoms with Crippen LogP contribution in [0.15, 0.2) is 30.3 Å². The number of benzene rings is 1. The molecule has 1 N–H and O–H groups in total. The number of aliphatic hydroxyl groups is 1. The second-order valence-corrected chi connectivity index (χ2v) is 5.05. The van der Waals surface area contributed by atoms with Gasteiger partial charge in [0, 0.05) is 0 Å². The van der Waals surface area contributed by atoms with Crippen molar-refractivity contribution in [3.05, 3.63) is 35.9 Å². The van der Waals surface area contributed by atoms with E-state index in [2.05, 4.69) is 0 Å². The van der Waals surface area contributed by atoms with Crippen LogP contribution in [-0.4, -0.2) is 29.4 Å². The molecule has 1 aromatic rings. The van der Waals surface area contributed by atoms with E-state index in [1.807, 2.05) is 30.3 Å². The fourth-order valence-electron chi connectivity index (χ4n) is 1.30. The van der Waals surface area contributed by atoms with E-state index >= 15 is 0 Å². The van der Waals surface area contributed by atoms with Crippen LogP contribution in [0.4, 0.5) is 0 Å². The summed E-state index contributed by atoms with van der Waals surface area (Å²) < 4.78 is 10.3. The van der Waals surface area contributed by atoms with Gasteiger partial charge in [-0.25, -0.2) is 4.79 Å². The van der Waals surface area contributed by atoms with E-state index in [1.54, 1.807) is 20.8 Å². The molecule has 0 aliphatic heterocycles. The Kier molecular flexibility index (Phi) is 5.31. The zero-order chi connectivity index (χ0) is 13.6. The van der Waals surface area contributed by atoms with Crippen LogP contribution in [-0.2, 0) is 20.9 Å². The Morgan fingerprint density at radius 2 is 1.89 bits per heavy atom. The van der Waals surface area contributed by atoms with Crippen LogP contribution in [0.3, 0.4) is 0 Å². The molecule has 1 rings (SSSR count). The van der Waals surface area contributed by atoms with Crippen molar-refractivity contribution in [2.75, 3.05) is 6.61 Å². The number of aliphatic hydroxyl groups excluding tert-OH is 1. The zero-order valence-corrected chi connectivity index (χ0v) is 11.1. The Morgan fingerprint density at radius 3 is 2.44 bits per heavy atom. The maximum Gasteiger partial charge on any atom is 0.337 e. The van der Waals surface area contributed by atoms with Gasteiger partial charge in [-0.3, -0.25) is 0 Å². The van der Waals surface area contributed by atoms with Gasteiger partial charge in [0.05, 0.1) is 13.2 Å². The van der Waals surface area contributed by atoms with Crippen molar-refractivity contribution in [2.24, 2.45) is 0 Å². The maximum absolute atomic E-state index is 11.4. The summed E-state index contributed by atoms with van der Waals surface area (Å²) in [5.74, 6) is -0.657. The molecule has 0 saturated carbocycles. The highest BCUT2D eigenvalue weighted by Crippen LogP contribution is 2.09. The molecule has 0 spiro atoms. The van der Waals surface area contributed by atoms with E-state index in [1.165, 1.54) is 0 Å². The molecule has 0 radical (unpaired) electrons. The van der Waals surface area contributed by atoms with Crippen LogP contribution in [0.2, 0.25) is 0 Å². The van der Waals surface area contributed by atoms with E-state index in [0.717, 1.165) is 5.56 Å². The van der Waals surface area contributed by atoms with Crippen LogP contribution >= 0.6 is 0 Å². The predicted molar refractivity (Wildman–Crippen MR) is 67.9 cm³/mol. The summed E-state index contributed by atoms with van der Waals surface area (Å²) in [6, 6.07) is 9.56. The SMILES string of the molecule is CC(C)(C)OC(=O)[C@H](O)COCc1ccccc1. The van der Waals surface area contributed by atoms with E-state index in [0.29, 0.717) is 6.61 Å². The molecule has 0 amide bonds. The Morgan fingerprint density at radius 1 is 1.28 bits per heavy atom. The van der Waals surface area contributed by atoms with Crippen LogP contribution in [0.1, 0.15) is 26.3 Å². The minimum absolute atomic E-state index is 0.0657. The van der Waals surface area contributed by atoms with Crippen LogP contribution in [0, 0.1) is 0 Å². The second kappa shape index (κ2) is 6.52. The quantitative estimate of drug-likeness (QED) is 0.813. The summed E-state index contributed by atoms with van der Waals surface area (Å²) in [6.45, 7) is 5.55. The average molecular weight is 252 g/mol. The molecule has 1 atom stereocenters. The standard InChI is InChI=1S/C14H20O4/c1-14(2,3)18-13(16)12(15)10-17-9-11-7-5-4-6-8-11/h4-8,12,15H,9-10H2,1-3H3/t12-/m1/s1. The third kappa shape index (κ3) is 5.80. The van der Waals surface area contributed by atoms with Gasteiger partial charge in [-0.1, -0.05) is 30.3 Å². The number of hydrogen-bond acceptors (Lipinski definition) is 4. The Labute approximate surface area is 108 Å². The van der Waals surface area contributed by atoms with Crippen molar-refractivity contribution < 1.29 is 19.4 Å². The van der Waals surface area contributed by atoms with Crippen molar-refractivity contribution in [2.45, 2.75) is 39.1 Å². The molecule has 100 valence electrons. The third-order valence-electron chi connectivity index (χ3n) is 2.07. The summed E-state index contributed by atoms with van der Waals surface area (Å²) in [5, 5.41) is 9.56. The lowest BCUT2D eigenvalue weighted by atomic mass is 10.2. The van der Waals surface area contributed by atoms with E-state index in [-0.39, 0.29) is 6.61 Å². The summed E-state index contributed by atoms with van der Waals surface area (Å²) >= 11 is 0. The van der Waals surface area contributed by atoms with Gasteiger partial charge in [-0.2, -0.15) is 0 Å².